The minimum Gasteiger partial charge on any atom is -0.295 e. The summed E-state index contributed by atoms with van der Waals surface area (Å²) in [6.45, 7) is 12.0. The molecule has 0 spiro atoms. The molecule has 2 atom stereocenters. The largest absolute Gasteiger partial charge is 0.295 e. The molecule has 2 nitrogen and oxygen atoms in total. The van der Waals surface area contributed by atoms with E-state index in [-0.39, 0.29) is 23.4 Å². The molecule has 0 heterocycles. The number of hydrogen-bond donors (Lipinski definition) is 0. The molecule has 1 aliphatic carbocycles. The summed E-state index contributed by atoms with van der Waals surface area (Å²) in [5.74, 6) is 0.763. The van der Waals surface area contributed by atoms with E-state index in [1.807, 2.05) is 27.7 Å². The minimum atomic E-state index is -0.105. The Morgan fingerprint density at radius 3 is 2.41 bits per heavy atom. The molecule has 122 valence electrons. The van der Waals surface area contributed by atoms with E-state index in [1.54, 1.807) is 12.2 Å². The third-order valence-electron chi connectivity index (χ3n) is 4.16. The molecule has 0 aliphatic heterocycles. The highest BCUT2D eigenvalue weighted by Crippen LogP contribution is 2.36. The van der Waals surface area contributed by atoms with E-state index < -0.39 is 0 Å². The minimum absolute atomic E-state index is 0.105. The van der Waals surface area contributed by atoms with Crippen LogP contribution in [0.15, 0.2) is 34.9 Å². The standard InChI is InChI=1S/C20H30O2/c1-13(2)10-17(21)12-16(6)18-9-7-8-15(5)20(18)19(22)11-14(3)4/h8,11-13,18,20H,7,9-10H2,1-6H3/t18-,20+/m1/s1. The number of allylic oxidation sites excluding steroid dienone is 6. The highest BCUT2D eigenvalue weighted by atomic mass is 16.1. The van der Waals surface area contributed by atoms with Gasteiger partial charge in [-0.05, 0) is 64.5 Å². The number of ketones is 2. The van der Waals surface area contributed by atoms with Gasteiger partial charge < -0.3 is 0 Å². The maximum atomic E-state index is 12.6. The second-order valence-electron chi connectivity index (χ2n) is 7.19. The van der Waals surface area contributed by atoms with Crippen molar-refractivity contribution in [3.05, 3.63) is 34.9 Å². The summed E-state index contributed by atoms with van der Waals surface area (Å²) in [6.07, 6.45) is 8.18. The fourth-order valence-corrected chi connectivity index (χ4v) is 3.21. The summed E-state index contributed by atoms with van der Waals surface area (Å²) in [4.78, 5) is 24.6. The van der Waals surface area contributed by atoms with Gasteiger partial charge in [-0.25, -0.2) is 0 Å². The van der Waals surface area contributed by atoms with Gasteiger partial charge in [0.15, 0.2) is 11.6 Å². The average Bonchev–Trinajstić information content (AvgIpc) is 2.35. The topological polar surface area (TPSA) is 34.1 Å². The van der Waals surface area contributed by atoms with E-state index in [1.165, 1.54) is 0 Å². The lowest BCUT2D eigenvalue weighted by Crippen LogP contribution is -2.27. The molecule has 0 unspecified atom stereocenters. The normalized spacial score (nSPS) is 22.3. The first kappa shape index (κ1) is 18.6. The van der Waals surface area contributed by atoms with Gasteiger partial charge in [-0.1, -0.05) is 36.6 Å². The van der Waals surface area contributed by atoms with Gasteiger partial charge in [-0.15, -0.1) is 0 Å². The summed E-state index contributed by atoms with van der Waals surface area (Å²) in [5, 5.41) is 0. The van der Waals surface area contributed by atoms with Crippen molar-refractivity contribution in [2.24, 2.45) is 17.8 Å². The molecule has 0 radical (unpaired) electrons. The quantitative estimate of drug-likeness (QED) is 0.508. The van der Waals surface area contributed by atoms with Crippen LogP contribution in [0.4, 0.5) is 0 Å². The molecule has 2 heteroatoms. The van der Waals surface area contributed by atoms with Gasteiger partial charge in [0.25, 0.3) is 0 Å². The van der Waals surface area contributed by atoms with Crippen LogP contribution in [0, 0.1) is 17.8 Å². The highest BCUT2D eigenvalue weighted by molar-refractivity contribution is 5.95. The molecule has 0 N–H and O–H groups in total. The van der Waals surface area contributed by atoms with Crippen LogP contribution in [0.25, 0.3) is 0 Å². The zero-order valence-corrected chi connectivity index (χ0v) is 14.9. The number of hydrogen-bond acceptors (Lipinski definition) is 2. The molecule has 1 rings (SSSR count). The summed E-state index contributed by atoms with van der Waals surface area (Å²) >= 11 is 0. The Morgan fingerprint density at radius 2 is 1.86 bits per heavy atom. The first-order chi connectivity index (χ1) is 10.2. The zero-order chi connectivity index (χ0) is 16.9. The Balaban J connectivity index is 3.02. The van der Waals surface area contributed by atoms with E-state index in [4.69, 9.17) is 0 Å². The van der Waals surface area contributed by atoms with Gasteiger partial charge in [-0.2, -0.15) is 0 Å². The molecule has 0 saturated heterocycles. The molecule has 0 amide bonds. The molecule has 0 aromatic carbocycles. The van der Waals surface area contributed by atoms with E-state index in [0.29, 0.717) is 12.3 Å². The highest BCUT2D eigenvalue weighted by Gasteiger charge is 2.31. The monoisotopic (exact) mass is 302 g/mol. The van der Waals surface area contributed by atoms with E-state index in [2.05, 4.69) is 19.9 Å². The van der Waals surface area contributed by atoms with Gasteiger partial charge >= 0.3 is 0 Å². The maximum absolute atomic E-state index is 12.6. The van der Waals surface area contributed by atoms with Crippen molar-refractivity contribution in [2.45, 2.75) is 60.8 Å². The third kappa shape index (κ3) is 5.40. The van der Waals surface area contributed by atoms with Gasteiger partial charge in [0.05, 0.1) is 0 Å². The molecule has 0 aromatic heterocycles. The summed E-state index contributed by atoms with van der Waals surface area (Å²) < 4.78 is 0. The fraction of sp³-hybridized carbons (Fsp3) is 0.600. The van der Waals surface area contributed by atoms with Crippen LogP contribution < -0.4 is 0 Å². The predicted molar refractivity (Wildman–Crippen MR) is 92.6 cm³/mol. The van der Waals surface area contributed by atoms with Crippen molar-refractivity contribution < 1.29 is 9.59 Å². The van der Waals surface area contributed by atoms with E-state index >= 15 is 0 Å². The Bertz CT molecular complexity index is 514. The number of rotatable bonds is 6. The van der Waals surface area contributed by atoms with E-state index in [9.17, 15) is 9.59 Å². The van der Waals surface area contributed by atoms with Crippen LogP contribution in [-0.4, -0.2) is 11.6 Å². The Labute approximate surface area is 135 Å². The molecule has 0 aromatic rings. The van der Waals surface area contributed by atoms with Crippen molar-refractivity contribution in [2.75, 3.05) is 0 Å². The predicted octanol–water partition coefficient (Wildman–Crippen LogP) is 5.06. The van der Waals surface area contributed by atoms with Gasteiger partial charge in [0, 0.05) is 12.3 Å². The summed E-state index contributed by atoms with van der Waals surface area (Å²) in [7, 11) is 0. The smallest absolute Gasteiger partial charge is 0.163 e. The van der Waals surface area contributed by atoms with Crippen LogP contribution in [0.1, 0.15) is 60.8 Å². The SMILES string of the molecule is CC(C)=CC(=O)[C@H]1C(C)=CCC[C@@H]1C(C)=CC(=O)CC(C)C. The zero-order valence-electron chi connectivity index (χ0n) is 14.9. The van der Waals surface area contributed by atoms with Crippen molar-refractivity contribution >= 4 is 11.6 Å². The Hall–Kier alpha value is -1.44. The molecule has 1 aliphatic rings. The van der Waals surface area contributed by atoms with Crippen LogP contribution >= 0.6 is 0 Å². The fourth-order valence-electron chi connectivity index (χ4n) is 3.21. The molecule has 22 heavy (non-hydrogen) atoms. The van der Waals surface area contributed by atoms with Crippen molar-refractivity contribution in [3.63, 3.8) is 0 Å². The molecular weight excluding hydrogens is 272 g/mol. The average molecular weight is 302 g/mol. The van der Waals surface area contributed by atoms with Crippen LogP contribution in [0.3, 0.4) is 0 Å². The Kier molecular flexibility index (Phi) is 6.99. The molecular formula is C20H30O2. The summed E-state index contributed by atoms with van der Waals surface area (Å²) in [5.41, 5.74) is 3.22. The first-order valence-electron chi connectivity index (χ1n) is 8.28. The lowest BCUT2D eigenvalue weighted by Gasteiger charge is -2.30. The van der Waals surface area contributed by atoms with E-state index in [0.717, 1.165) is 29.6 Å². The van der Waals surface area contributed by atoms with Gasteiger partial charge in [0.2, 0.25) is 0 Å². The molecule has 0 bridgehead atoms. The number of carbonyl (C=O) groups is 2. The second kappa shape index (κ2) is 8.26. The van der Waals surface area contributed by atoms with Crippen molar-refractivity contribution in [3.8, 4) is 0 Å². The third-order valence-corrected chi connectivity index (χ3v) is 4.16. The van der Waals surface area contributed by atoms with Crippen LogP contribution in [0.2, 0.25) is 0 Å². The van der Waals surface area contributed by atoms with Crippen molar-refractivity contribution in [1.29, 1.82) is 0 Å². The lowest BCUT2D eigenvalue weighted by atomic mass is 9.72. The molecule has 0 saturated carbocycles. The lowest BCUT2D eigenvalue weighted by molar-refractivity contribution is -0.119. The van der Waals surface area contributed by atoms with Crippen molar-refractivity contribution in [1.82, 2.24) is 0 Å². The maximum Gasteiger partial charge on any atom is 0.163 e. The number of carbonyl (C=O) groups excluding carboxylic acids is 2. The van der Waals surface area contributed by atoms with Gasteiger partial charge in [0.1, 0.15) is 0 Å². The van der Waals surface area contributed by atoms with Crippen LogP contribution in [-0.2, 0) is 9.59 Å². The Morgan fingerprint density at radius 1 is 1.23 bits per heavy atom. The first-order valence-corrected chi connectivity index (χ1v) is 8.28. The van der Waals surface area contributed by atoms with Crippen LogP contribution in [0.5, 0.6) is 0 Å². The summed E-state index contributed by atoms with van der Waals surface area (Å²) in [6, 6.07) is 0. The second-order valence-corrected chi connectivity index (χ2v) is 7.19. The molecule has 0 fully saturated rings. The van der Waals surface area contributed by atoms with Gasteiger partial charge in [-0.3, -0.25) is 9.59 Å².